The number of hydrogen-bond donors (Lipinski definition) is 2. The molecule has 3 fully saturated rings. The highest BCUT2D eigenvalue weighted by atomic mass is 16.2. The van der Waals surface area contributed by atoms with Gasteiger partial charge < -0.3 is 10.6 Å². The van der Waals surface area contributed by atoms with Gasteiger partial charge in [0.15, 0.2) is 0 Å². The maximum Gasteiger partial charge on any atom is 0.240 e. The van der Waals surface area contributed by atoms with E-state index in [9.17, 15) is 4.79 Å². The maximum atomic E-state index is 12.7. The van der Waals surface area contributed by atoms with Crippen LogP contribution in [0.3, 0.4) is 0 Å². The predicted octanol–water partition coefficient (Wildman–Crippen LogP) is 0.975. The lowest BCUT2D eigenvalue weighted by atomic mass is 9.98. The highest BCUT2D eigenvalue weighted by molar-refractivity contribution is 5.85. The molecule has 108 valence electrons. The third-order valence-corrected chi connectivity index (χ3v) is 5.02. The summed E-state index contributed by atoms with van der Waals surface area (Å²) < 4.78 is 0. The van der Waals surface area contributed by atoms with Crippen molar-refractivity contribution in [3.8, 4) is 0 Å². The van der Waals surface area contributed by atoms with Crippen LogP contribution in [0.15, 0.2) is 0 Å². The molecule has 0 aromatic rings. The normalized spacial score (nSPS) is 25.6. The van der Waals surface area contributed by atoms with Crippen LogP contribution in [0.4, 0.5) is 0 Å². The van der Waals surface area contributed by atoms with Gasteiger partial charge in [0.25, 0.3) is 0 Å². The SMILES string of the molecule is CC(C)(C(=O)NC(C1CC1)C1CC1)N1CCNCC1. The van der Waals surface area contributed by atoms with Gasteiger partial charge in [-0.05, 0) is 51.4 Å². The highest BCUT2D eigenvalue weighted by Gasteiger charge is 2.44. The first-order chi connectivity index (χ1) is 9.09. The summed E-state index contributed by atoms with van der Waals surface area (Å²) in [6.45, 7) is 8.07. The Morgan fingerprint density at radius 1 is 1.16 bits per heavy atom. The van der Waals surface area contributed by atoms with Gasteiger partial charge in [-0.3, -0.25) is 9.69 Å². The summed E-state index contributed by atoms with van der Waals surface area (Å²) in [6.07, 6.45) is 5.26. The minimum atomic E-state index is -0.371. The molecule has 19 heavy (non-hydrogen) atoms. The lowest BCUT2D eigenvalue weighted by Gasteiger charge is -2.40. The van der Waals surface area contributed by atoms with Crippen LogP contribution in [0.1, 0.15) is 39.5 Å². The van der Waals surface area contributed by atoms with Crippen molar-refractivity contribution < 1.29 is 4.79 Å². The third-order valence-electron chi connectivity index (χ3n) is 5.02. The number of hydrogen-bond acceptors (Lipinski definition) is 3. The Morgan fingerprint density at radius 2 is 1.68 bits per heavy atom. The van der Waals surface area contributed by atoms with Crippen molar-refractivity contribution in [3.05, 3.63) is 0 Å². The van der Waals surface area contributed by atoms with Crippen molar-refractivity contribution in [2.45, 2.75) is 51.1 Å². The molecule has 3 rings (SSSR count). The van der Waals surface area contributed by atoms with Crippen LogP contribution in [0.2, 0.25) is 0 Å². The van der Waals surface area contributed by atoms with Crippen molar-refractivity contribution in [2.24, 2.45) is 11.8 Å². The van der Waals surface area contributed by atoms with E-state index < -0.39 is 0 Å². The number of carbonyl (C=O) groups is 1. The molecule has 4 heteroatoms. The van der Waals surface area contributed by atoms with Gasteiger partial charge in [0.1, 0.15) is 0 Å². The van der Waals surface area contributed by atoms with Gasteiger partial charge in [0.05, 0.1) is 5.54 Å². The van der Waals surface area contributed by atoms with Gasteiger partial charge in [-0.2, -0.15) is 0 Å². The van der Waals surface area contributed by atoms with E-state index in [0.29, 0.717) is 6.04 Å². The molecule has 0 bridgehead atoms. The molecule has 0 spiro atoms. The van der Waals surface area contributed by atoms with Crippen LogP contribution in [0.25, 0.3) is 0 Å². The molecule has 1 heterocycles. The lowest BCUT2D eigenvalue weighted by molar-refractivity contribution is -0.133. The Balaban J connectivity index is 1.60. The number of nitrogens with one attached hydrogen (secondary N) is 2. The lowest BCUT2D eigenvalue weighted by Crippen LogP contribution is -2.61. The Hall–Kier alpha value is -0.610. The predicted molar refractivity (Wildman–Crippen MR) is 75.9 cm³/mol. The molecule has 0 unspecified atom stereocenters. The van der Waals surface area contributed by atoms with Crippen LogP contribution in [0, 0.1) is 11.8 Å². The van der Waals surface area contributed by atoms with Gasteiger partial charge in [-0.15, -0.1) is 0 Å². The topological polar surface area (TPSA) is 44.4 Å². The van der Waals surface area contributed by atoms with Crippen LogP contribution >= 0.6 is 0 Å². The van der Waals surface area contributed by atoms with Crippen molar-refractivity contribution >= 4 is 5.91 Å². The molecule has 4 nitrogen and oxygen atoms in total. The second kappa shape index (κ2) is 5.06. The number of nitrogens with zero attached hydrogens (tertiary/aromatic N) is 1. The summed E-state index contributed by atoms with van der Waals surface area (Å²) in [6, 6.07) is 0.467. The second-order valence-electron chi connectivity index (χ2n) is 6.97. The first-order valence-electron chi connectivity index (χ1n) is 7.86. The Kier molecular flexibility index (Phi) is 3.56. The van der Waals surface area contributed by atoms with Gasteiger partial charge in [-0.25, -0.2) is 0 Å². The molecule has 1 saturated heterocycles. The van der Waals surface area contributed by atoms with E-state index in [-0.39, 0.29) is 11.4 Å². The maximum absolute atomic E-state index is 12.7. The Bertz CT molecular complexity index is 329. The van der Waals surface area contributed by atoms with E-state index in [1.165, 1.54) is 25.7 Å². The fourth-order valence-corrected chi connectivity index (χ4v) is 3.23. The van der Waals surface area contributed by atoms with Crippen LogP contribution in [0.5, 0.6) is 0 Å². The number of carbonyl (C=O) groups excluding carboxylic acids is 1. The average molecular weight is 265 g/mol. The van der Waals surface area contributed by atoms with E-state index in [0.717, 1.165) is 38.0 Å². The molecule has 1 aliphatic heterocycles. The zero-order valence-corrected chi connectivity index (χ0v) is 12.2. The van der Waals surface area contributed by atoms with Gasteiger partial charge >= 0.3 is 0 Å². The molecule has 3 aliphatic rings. The molecular weight excluding hydrogens is 238 g/mol. The van der Waals surface area contributed by atoms with Crippen molar-refractivity contribution in [2.75, 3.05) is 26.2 Å². The molecule has 2 saturated carbocycles. The average Bonchev–Trinajstić information content (AvgIpc) is 3.29. The summed E-state index contributed by atoms with van der Waals surface area (Å²) >= 11 is 0. The molecule has 1 amide bonds. The van der Waals surface area contributed by atoms with Crippen LogP contribution in [-0.2, 0) is 4.79 Å². The molecule has 0 aromatic carbocycles. The van der Waals surface area contributed by atoms with Crippen molar-refractivity contribution in [1.29, 1.82) is 0 Å². The smallest absolute Gasteiger partial charge is 0.240 e. The van der Waals surface area contributed by atoms with E-state index in [2.05, 4.69) is 29.4 Å². The van der Waals surface area contributed by atoms with E-state index >= 15 is 0 Å². The first-order valence-corrected chi connectivity index (χ1v) is 7.86. The van der Waals surface area contributed by atoms with Crippen molar-refractivity contribution in [1.82, 2.24) is 15.5 Å². The summed E-state index contributed by atoms with van der Waals surface area (Å²) in [4.78, 5) is 15.0. The Labute approximate surface area is 116 Å². The summed E-state index contributed by atoms with van der Waals surface area (Å²) in [5, 5.41) is 6.73. The third kappa shape index (κ3) is 2.95. The monoisotopic (exact) mass is 265 g/mol. The zero-order chi connectivity index (χ0) is 13.5. The molecule has 0 atom stereocenters. The van der Waals surface area contributed by atoms with E-state index in [1.807, 2.05) is 0 Å². The molecular formula is C15H27N3O. The van der Waals surface area contributed by atoms with Gasteiger partial charge in [0.2, 0.25) is 5.91 Å². The number of piperazine rings is 1. The fourth-order valence-electron chi connectivity index (χ4n) is 3.23. The minimum Gasteiger partial charge on any atom is -0.351 e. The van der Waals surface area contributed by atoms with Crippen molar-refractivity contribution in [3.63, 3.8) is 0 Å². The van der Waals surface area contributed by atoms with Crippen LogP contribution in [-0.4, -0.2) is 48.6 Å². The second-order valence-corrected chi connectivity index (χ2v) is 6.97. The molecule has 2 aliphatic carbocycles. The highest BCUT2D eigenvalue weighted by Crippen LogP contribution is 2.44. The Morgan fingerprint density at radius 3 is 2.16 bits per heavy atom. The largest absolute Gasteiger partial charge is 0.351 e. The standard InChI is InChI=1S/C15H27N3O/c1-15(2,18-9-7-16-8-10-18)14(19)17-13(11-3-4-11)12-5-6-12/h11-13,16H,3-10H2,1-2H3,(H,17,19). The molecule has 0 radical (unpaired) electrons. The summed E-state index contributed by atoms with van der Waals surface area (Å²) in [5.74, 6) is 1.78. The molecule has 0 aromatic heterocycles. The van der Waals surface area contributed by atoms with E-state index in [4.69, 9.17) is 0 Å². The van der Waals surface area contributed by atoms with E-state index in [1.54, 1.807) is 0 Å². The first kappa shape index (κ1) is 13.4. The quantitative estimate of drug-likeness (QED) is 0.779. The number of rotatable bonds is 5. The minimum absolute atomic E-state index is 0.234. The molecule has 2 N–H and O–H groups in total. The summed E-state index contributed by atoms with van der Waals surface area (Å²) in [7, 11) is 0. The summed E-state index contributed by atoms with van der Waals surface area (Å²) in [5.41, 5.74) is -0.371. The number of amides is 1. The van der Waals surface area contributed by atoms with Gasteiger partial charge in [-0.1, -0.05) is 0 Å². The van der Waals surface area contributed by atoms with Crippen LogP contribution < -0.4 is 10.6 Å². The van der Waals surface area contributed by atoms with Gasteiger partial charge in [0, 0.05) is 32.2 Å². The fraction of sp³-hybridized carbons (Fsp3) is 0.933. The zero-order valence-electron chi connectivity index (χ0n) is 12.2.